The van der Waals surface area contributed by atoms with Gasteiger partial charge in [-0.3, -0.25) is 0 Å². The molecule has 2 aliphatic rings. The van der Waals surface area contributed by atoms with Gasteiger partial charge in [-0.15, -0.1) is 0 Å². The molecule has 3 rings (SSSR count). The lowest BCUT2D eigenvalue weighted by Crippen LogP contribution is -2.33. The summed E-state index contributed by atoms with van der Waals surface area (Å²) in [5, 5.41) is 3.38. The van der Waals surface area contributed by atoms with E-state index in [1.165, 1.54) is 24.8 Å². The van der Waals surface area contributed by atoms with Crippen LogP contribution in [0.4, 0.5) is 5.82 Å². The molecule has 0 radical (unpaired) electrons. The fraction of sp³-hybridized carbons (Fsp3) is 0.692. The van der Waals surface area contributed by atoms with Gasteiger partial charge in [-0.1, -0.05) is 0 Å². The first-order chi connectivity index (χ1) is 8.84. The zero-order valence-corrected chi connectivity index (χ0v) is 10.7. The van der Waals surface area contributed by atoms with E-state index in [0.717, 1.165) is 50.5 Å². The van der Waals surface area contributed by atoms with Crippen molar-refractivity contribution in [3.05, 3.63) is 21.7 Å². The van der Waals surface area contributed by atoms with E-state index >= 15 is 0 Å². The van der Waals surface area contributed by atoms with Crippen LogP contribution >= 0.6 is 0 Å². The van der Waals surface area contributed by atoms with Crippen LogP contribution in [-0.2, 0) is 12.8 Å². The molecule has 1 saturated heterocycles. The molecule has 0 amide bonds. The van der Waals surface area contributed by atoms with Crippen LogP contribution in [0.2, 0.25) is 0 Å². The molecule has 0 bridgehead atoms. The molecule has 2 N–H and O–H groups in total. The van der Waals surface area contributed by atoms with Crippen LogP contribution in [0.1, 0.15) is 30.5 Å². The summed E-state index contributed by atoms with van der Waals surface area (Å²) in [5.74, 6) is 0.942. The molecule has 5 heteroatoms. The molecule has 0 atom stereocenters. The predicted molar refractivity (Wildman–Crippen MR) is 71.2 cm³/mol. The van der Waals surface area contributed by atoms with Gasteiger partial charge >= 0.3 is 5.69 Å². The Labute approximate surface area is 107 Å². The fourth-order valence-corrected chi connectivity index (χ4v) is 2.93. The number of aromatic nitrogens is 2. The summed E-state index contributed by atoms with van der Waals surface area (Å²) in [5.41, 5.74) is 2.14. The summed E-state index contributed by atoms with van der Waals surface area (Å²) in [6.45, 7) is 3.99. The number of hydrogen-bond acceptors (Lipinski definition) is 4. The van der Waals surface area contributed by atoms with E-state index in [-0.39, 0.29) is 5.69 Å². The van der Waals surface area contributed by atoms with E-state index in [1.807, 2.05) is 0 Å². The number of anilines is 1. The Bertz CT molecular complexity index is 476. The molecule has 0 aromatic carbocycles. The zero-order chi connectivity index (χ0) is 12.4. The number of piperidine rings is 1. The lowest BCUT2D eigenvalue weighted by Gasteiger charge is -2.29. The Morgan fingerprint density at radius 3 is 2.67 bits per heavy atom. The van der Waals surface area contributed by atoms with E-state index in [1.54, 1.807) is 0 Å². The zero-order valence-electron chi connectivity index (χ0n) is 10.7. The van der Waals surface area contributed by atoms with Crippen LogP contribution in [0.15, 0.2) is 4.79 Å². The van der Waals surface area contributed by atoms with Crippen LogP contribution < -0.4 is 15.9 Å². The Hall–Kier alpha value is -1.36. The maximum Gasteiger partial charge on any atom is 0.347 e. The van der Waals surface area contributed by atoms with Crippen molar-refractivity contribution in [2.24, 2.45) is 0 Å². The molecule has 98 valence electrons. The first-order valence-corrected chi connectivity index (χ1v) is 6.92. The number of nitrogens with zero attached hydrogens (tertiary/aromatic N) is 2. The second-order valence-corrected chi connectivity index (χ2v) is 5.12. The Balaban J connectivity index is 2.01. The van der Waals surface area contributed by atoms with E-state index in [2.05, 4.69) is 20.2 Å². The first-order valence-electron chi connectivity index (χ1n) is 6.92. The molecule has 5 nitrogen and oxygen atoms in total. The van der Waals surface area contributed by atoms with E-state index in [9.17, 15) is 4.79 Å². The molecule has 0 saturated carbocycles. The van der Waals surface area contributed by atoms with Crippen molar-refractivity contribution in [2.75, 3.05) is 31.1 Å². The van der Waals surface area contributed by atoms with Gasteiger partial charge in [0.05, 0.1) is 0 Å². The summed E-state index contributed by atoms with van der Waals surface area (Å²) in [6, 6.07) is 0. The van der Waals surface area contributed by atoms with Crippen LogP contribution in [0, 0.1) is 0 Å². The highest BCUT2D eigenvalue weighted by Crippen LogP contribution is 2.23. The highest BCUT2D eigenvalue weighted by Gasteiger charge is 2.20. The minimum atomic E-state index is -0.198. The smallest absolute Gasteiger partial charge is 0.347 e. The molecule has 1 aromatic heterocycles. The van der Waals surface area contributed by atoms with Gasteiger partial charge in [-0.2, -0.15) is 4.98 Å². The number of fused-ring (bicyclic) bond motifs is 1. The monoisotopic (exact) mass is 248 g/mol. The molecule has 1 fully saturated rings. The van der Waals surface area contributed by atoms with Crippen molar-refractivity contribution in [1.82, 2.24) is 15.3 Å². The molecule has 3 heterocycles. The topological polar surface area (TPSA) is 61.0 Å². The van der Waals surface area contributed by atoms with Crippen molar-refractivity contribution >= 4 is 5.82 Å². The van der Waals surface area contributed by atoms with Gasteiger partial charge in [0.25, 0.3) is 0 Å². The molecule has 2 aliphatic heterocycles. The fourth-order valence-electron chi connectivity index (χ4n) is 2.93. The Morgan fingerprint density at radius 1 is 1.06 bits per heavy atom. The molecule has 0 aliphatic carbocycles. The number of aromatic amines is 1. The molecule has 1 aromatic rings. The minimum absolute atomic E-state index is 0.198. The minimum Gasteiger partial charge on any atom is -0.356 e. The SMILES string of the molecule is O=c1nc(N2CCCCC2)c2c([nH]1)CCNCC2. The maximum absolute atomic E-state index is 11.7. The number of rotatable bonds is 1. The normalized spacial score (nSPS) is 20.3. The van der Waals surface area contributed by atoms with Gasteiger partial charge in [0.2, 0.25) is 0 Å². The summed E-state index contributed by atoms with van der Waals surface area (Å²) in [7, 11) is 0. The summed E-state index contributed by atoms with van der Waals surface area (Å²) < 4.78 is 0. The van der Waals surface area contributed by atoms with Crippen molar-refractivity contribution < 1.29 is 0 Å². The highest BCUT2D eigenvalue weighted by molar-refractivity contribution is 5.49. The van der Waals surface area contributed by atoms with E-state index < -0.39 is 0 Å². The molecule has 0 unspecified atom stereocenters. The third-order valence-electron chi connectivity index (χ3n) is 3.86. The van der Waals surface area contributed by atoms with Crippen LogP contribution in [0.5, 0.6) is 0 Å². The number of nitrogens with one attached hydrogen (secondary N) is 2. The lowest BCUT2D eigenvalue weighted by atomic mass is 10.1. The molecule has 18 heavy (non-hydrogen) atoms. The van der Waals surface area contributed by atoms with E-state index in [4.69, 9.17) is 0 Å². The van der Waals surface area contributed by atoms with Gasteiger partial charge in [0.1, 0.15) is 5.82 Å². The van der Waals surface area contributed by atoms with Gasteiger partial charge in [0.15, 0.2) is 0 Å². The van der Waals surface area contributed by atoms with Crippen LogP contribution in [0.3, 0.4) is 0 Å². The van der Waals surface area contributed by atoms with Crippen LogP contribution in [0.25, 0.3) is 0 Å². The Kier molecular flexibility index (Phi) is 3.32. The third-order valence-corrected chi connectivity index (χ3v) is 3.86. The first kappa shape index (κ1) is 11.7. The van der Waals surface area contributed by atoms with Crippen molar-refractivity contribution in [3.8, 4) is 0 Å². The predicted octanol–water partition coefficient (Wildman–Crippen LogP) is 0.448. The van der Waals surface area contributed by atoms with Crippen molar-refractivity contribution in [3.63, 3.8) is 0 Å². The molecule has 0 spiro atoms. The summed E-state index contributed by atoms with van der Waals surface area (Å²) in [6.07, 6.45) is 5.57. The lowest BCUT2D eigenvalue weighted by molar-refractivity contribution is 0.569. The van der Waals surface area contributed by atoms with Crippen molar-refractivity contribution in [2.45, 2.75) is 32.1 Å². The van der Waals surface area contributed by atoms with Crippen LogP contribution in [-0.4, -0.2) is 36.1 Å². The third kappa shape index (κ3) is 2.27. The maximum atomic E-state index is 11.7. The second-order valence-electron chi connectivity index (χ2n) is 5.12. The number of H-pyrrole nitrogens is 1. The van der Waals surface area contributed by atoms with Gasteiger partial charge in [0, 0.05) is 37.3 Å². The molecular weight excluding hydrogens is 228 g/mol. The van der Waals surface area contributed by atoms with E-state index in [0.29, 0.717) is 0 Å². The summed E-state index contributed by atoms with van der Waals surface area (Å²) in [4.78, 5) is 21.2. The van der Waals surface area contributed by atoms with Gasteiger partial charge < -0.3 is 15.2 Å². The van der Waals surface area contributed by atoms with Crippen molar-refractivity contribution in [1.29, 1.82) is 0 Å². The Morgan fingerprint density at radius 2 is 1.83 bits per heavy atom. The standard InChI is InChI=1S/C13H20N4O/c18-13-15-11-5-7-14-6-4-10(11)12(16-13)17-8-2-1-3-9-17/h14H,1-9H2,(H,15,16,18). The second kappa shape index (κ2) is 5.10. The number of hydrogen-bond donors (Lipinski definition) is 2. The average molecular weight is 248 g/mol. The average Bonchev–Trinajstić information content (AvgIpc) is 2.64. The highest BCUT2D eigenvalue weighted by atomic mass is 16.1. The van der Waals surface area contributed by atoms with Gasteiger partial charge in [-0.25, -0.2) is 4.79 Å². The quantitative estimate of drug-likeness (QED) is 0.757. The largest absolute Gasteiger partial charge is 0.356 e. The van der Waals surface area contributed by atoms with Gasteiger partial charge in [-0.05, 0) is 32.2 Å². The molecular formula is C13H20N4O. The summed E-state index contributed by atoms with van der Waals surface area (Å²) >= 11 is 0.